The van der Waals surface area contributed by atoms with E-state index in [1.807, 2.05) is 0 Å². The normalized spacial score (nSPS) is 10.1. The summed E-state index contributed by atoms with van der Waals surface area (Å²) in [6.07, 6.45) is 1.14. The number of halogens is 1. The summed E-state index contributed by atoms with van der Waals surface area (Å²) in [4.78, 5) is 11.0. The van der Waals surface area contributed by atoms with Gasteiger partial charge in [-0.2, -0.15) is 0 Å². The highest BCUT2D eigenvalue weighted by atomic mass is 79.9. The van der Waals surface area contributed by atoms with Crippen LogP contribution in [0.5, 0.6) is 0 Å². The molecule has 0 unspecified atom stereocenters. The van der Waals surface area contributed by atoms with E-state index in [0.717, 1.165) is 10.0 Å². The Bertz CT molecular complexity index is 372. The number of aryl methyl sites for hydroxylation is 3. The number of hydrogen-bond acceptors (Lipinski definition) is 2. The fourth-order valence-electron chi connectivity index (χ4n) is 1.37. The molecule has 0 saturated heterocycles. The van der Waals surface area contributed by atoms with Crippen LogP contribution in [0.4, 0.5) is 0 Å². The molecule has 0 aliphatic rings. The molecule has 82 valence electrons. The van der Waals surface area contributed by atoms with Gasteiger partial charge in [0.2, 0.25) is 0 Å². The van der Waals surface area contributed by atoms with Gasteiger partial charge in [-0.1, -0.05) is 22.0 Å². The molecule has 1 rings (SSSR count). The minimum Gasteiger partial charge on any atom is -0.469 e. The smallest absolute Gasteiger partial charge is 0.305 e. The van der Waals surface area contributed by atoms with E-state index in [4.69, 9.17) is 0 Å². The Morgan fingerprint density at radius 1 is 1.33 bits per heavy atom. The summed E-state index contributed by atoms with van der Waals surface area (Å²) in [6, 6.07) is 4.20. The zero-order chi connectivity index (χ0) is 11.4. The van der Waals surface area contributed by atoms with Gasteiger partial charge in [0.1, 0.15) is 0 Å². The number of ether oxygens (including phenoxy) is 1. The molecule has 0 aliphatic carbocycles. The first-order chi connectivity index (χ1) is 7.04. The number of benzene rings is 1. The van der Waals surface area contributed by atoms with Crippen molar-refractivity contribution in [2.75, 3.05) is 7.11 Å². The average Bonchev–Trinajstić information content (AvgIpc) is 2.21. The van der Waals surface area contributed by atoms with Gasteiger partial charge in [0.15, 0.2) is 0 Å². The standard InChI is InChI=1S/C12H15BrO2/c1-8-6-10(4-5-12(14)15-3)11(13)7-9(8)2/h6-7H,4-5H2,1-3H3. The molecule has 3 heteroatoms. The van der Waals surface area contributed by atoms with E-state index in [-0.39, 0.29) is 5.97 Å². The second-order valence-corrected chi connectivity index (χ2v) is 4.46. The van der Waals surface area contributed by atoms with Gasteiger partial charge in [0.25, 0.3) is 0 Å². The van der Waals surface area contributed by atoms with Crippen LogP contribution in [-0.2, 0) is 16.0 Å². The first-order valence-corrected chi connectivity index (χ1v) is 5.66. The second-order valence-electron chi connectivity index (χ2n) is 3.60. The summed E-state index contributed by atoms with van der Waals surface area (Å²) in [5.74, 6) is -0.167. The molecule has 0 N–H and O–H groups in total. The number of rotatable bonds is 3. The van der Waals surface area contributed by atoms with Gasteiger partial charge in [-0.3, -0.25) is 4.79 Å². The molecule has 0 heterocycles. The lowest BCUT2D eigenvalue weighted by atomic mass is 10.0. The Morgan fingerprint density at radius 3 is 2.53 bits per heavy atom. The molecule has 1 aromatic carbocycles. The zero-order valence-electron chi connectivity index (χ0n) is 9.26. The van der Waals surface area contributed by atoms with Gasteiger partial charge in [-0.25, -0.2) is 0 Å². The van der Waals surface area contributed by atoms with Gasteiger partial charge in [-0.05, 0) is 43.0 Å². The molecular formula is C12H15BrO2. The van der Waals surface area contributed by atoms with E-state index in [0.29, 0.717) is 12.8 Å². The molecule has 15 heavy (non-hydrogen) atoms. The van der Waals surface area contributed by atoms with Crippen LogP contribution in [0.2, 0.25) is 0 Å². The van der Waals surface area contributed by atoms with Crippen molar-refractivity contribution in [1.29, 1.82) is 0 Å². The first kappa shape index (κ1) is 12.2. The van der Waals surface area contributed by atoms with E-state index < -0.39 is 0 Å². The summed E-state index contributed by atoms with van der Waals surface area (Å²) in [5, 5.41) is 0. The number of hydrogen-bond donors (Lipinski definition) is 0. The molecule has 0 atom stereocenters. The number of carbonyl (C=O) groups excluding carboxylic acids is 1. The molecule has 0 saturated carbocycles. The first-order valence-electron chi connectivity index (χ1n) is 4.87. The molecule has 2 nitrogen and oxygen atoms in total. The number of methoxy groups -OCH3 is 1. The fourth-order valence-corrected chi connectivity index (χ4v) is 2.03. The Balaban J connectivity index is 2.77. The number of carbonyl (C=O) groups is 1. The second kappa shape index (κ2) is 5.31. The minimum absolute atomic E-state index is 0.167. The zero-order valence-corrected chi connectivity index (χ0v) is 10.8. The summed E-state index contributed by atoms with van der Waals surface area (Å²) in [6.45, 7) is 4.15. The fraction of sp³-hybridized carbons (Fsp3) is 0.417. The van der Waals surface area contributed by atoms with Crippen molar-refractivity contribution in [2.24, 2.45) is 0 Å². The Morgan fingerprint density at radius 2 is 1.93 bits per heavy atom. The van der Waals surface area contributed by atoms with Crippen LogP contribution >= 0.6 is 15.9 Å². The molecular weight excluding hydrogens is 256 g/mol. The molecule has 0 aromatic heterocycles. The minimum atomic E-state index is -0.167. The molecule has 0 amide bonds. The van der Waals surface area contributed by atoms with Crippen molar-refractivity contribution in [1.82, 2.24) is 0 Å². The highest BCUT2D eigenvalue weighted by Gasteiger charge is 2.06. The third-order valence-electron chi connectivity index (χ3n) is 2.49. The third kappa shape index (κ3) is 3.34. The van der Waals surface area contributed by atoms with E-state index in [1.54, 1.807) is 0 Å². The lowest BCUT2D eigenvalue weighted by Crippen LogP contribution is -2.02. The molecule has 0 bridgehead atoms. The quantitative estimate of drug-likeness (QED) is 0.789. The monoisotopic (exact) mass is 270 g/mol. The van der Waals surface area contributed by atoms with Gasteiger partial charge < -0.3 is 4.74 Å². The molecule has 0 aliphatic heterocycles. The van der Waals surface area contributed by atoms with Crippen LogP contribution in [0.3, 0.4) is 0 Å². The van der Waals surface area contributed by atoms with Gasteiger partial charge in [-0.15, -0.1) is 0 Å². The summed E-state index contributed by atoms with van der Waals surface area (Å²) >= 11 is 3.50. The SMILES string of the molecule is COC(=O)CCc1cc(C)c(C)cc1Br. The van der Waals surface area contributed by atoms with Crippen molar-refractivity contribution in [2.45, 2.75) is 26.7 Å². The maximum atomic E-state index is 11.0. The van der Waals surface area contributed by atoms with Crippen LogP contribution in [0.25, 0.3) is 0 Å². The van der Waals surface area contributed by atoms with Crippen molar-refractivity contribution in [3.63, 3.8) is 0 Å². The lowest BCUT2D eigenvalue weighted by Gasteiger charge is -2.07. The van der Waals surface area contributed by atoms with Gasteiger partial charge in [0.05, 0.1) is 7.11 Å². The van der Waals surface area contributed by atoms with Crippen LogP contribution in [0.15, 0.2) is 16.6 Å². The highest BCUT2D eigenvalue weighted by Crippen LogP contribution is 2.22. The van der Waals surface area contributed by atoms with Gasteiger partial charge in [0, 0.05) is 10.9 Å². The largest absolute Gasteiger partial charge is 0.469 e. The van der Waals surface area contributed by atoms with Crippen LogP contribution in [0.1, 0.15) is 23.1 Å². The molecule has 0 fully saturated rings. The maximum absolute atomic E-state index is 11.0. The third-order valence-corrected chi connectivity index (χ3v) is 3.23. The molecule has 0 radical (unpaired) electrons. The average molecular weight is 271 g/mol. The van der Waals surface area contributed by atoms with Crippen LogP contribution < -0.4 is 0 Å². The van der Waals surface area contributed by atoms with Crippen LogP contribution in [0, 0.1) is 13.8 Å². The molecule has 0 spiro atoms. The van der Waals surface area contributed by atoms with Crippen molar-refractivity contribution < 1.29 is 9.53 Å². The predicted octanol–water partition coefficient (Wildman–Crippen LogP) is 3.17. The van der Waals surface area contributed by atoms with Crippen LogP contribution in [-0.4, -0.2) is 13.1 Å². The van der Waals surface area contributed by atoms with Crippen molar-refractivity contribution in [3.8, 4) is 0 Å². The Hall–Kier alpha value is -0.830. The highest BCUT2D eigenvalue weighted by molar-refractivity contribution is 9.10. The maximum Gasteiger partial charge on any atom is 0.305 e. The summed E-state index contributed by atoms with van der Waals surface area (Å²) in [5.41, 5.74) is 3.66. The lowest BCUT2D eigenvalue weighted by molar-refractivity contribution is -0.140. The summed E-state index contributed by atoms with van der Waals surface area (Å²) < 4.78 is 5.68. The predicted molar refractivity (Wildman–Crippen MR) is 64.0 cm³/mol. The van der Waals surface area contributed by atoms with E-state index >= 15 is 0 Å². The van der Waals surface area contributed by atoms with Crippen molar-refractivity contribution in [3.05, 3.63) is 33.3 Å². The number of esters is 1. The van der Waals surface area contributed by atoms with E-state index in [1.165, 1.54) is 18.2 Å². The van der Waals surface area contributed by atoms with Gasteiger partial charge >= 0.3 is 5.97 Å². The topological polar surface area (TPSA) is 26.3 Å². The Labute approximate surface area is 98.8 Å². The van der Waals surface area contributed by atoms with Crippen molar-refractivity contribution >= 4 is 21.9 Å². The summed E-state index contributed by atoms with van der Waals surface area (Å²) in [7, 11) is 1.41. The molecule has 1 aromatic rings. The van der Waals surface area contributed by atoms with E-state index in [2.05, 4.69) is 46.6 Å². The van der Waals surface area contributed by atoms with E-state index in [9.17, 15) is 4.79 Å². The Kier molecular flexibility index (Phi) is 4.33.